The van der Waals surface area contributed by atoms with Crippen molar-refractivity contribution >= 4 is 22.1 Å². The van der Waals surface area contributed by atoms with Gasteiger partial charge in [0.15, 0.2) is 0 Å². The minimum absolute atomic E-state index is 0.798. The van der Waals surface area contributed by atoms with Crippen LogP contribution in [0.15, 0.2) is 0 Å². The van der Waals surface area contributed by atoms with Crippen LogP contribution in [0.3, 0.4) is 0 Å². The molecule has 0 heterocycles. The molecule has 50 valence electrons. The van der Waals surface area contributed by atoms with Crippen LogP contribution in [-0.2, 0) is 10.4 Å². The highest BCUT2D eigenvalue weighted by molar-refractivity contribution is 8.62. The van der Waals surface area contributed by atoms with Gasteiger partial charge < -0.3 is 4.55 Å². The van der Waals surface area contributed by atoms with Gasteiger partial charge in [0, 0.05) is 13.1 Å². The smallest absolute Gasteiger partial charge is 0.112 e. The normalized spacial score (nSPS) is 14.6. The van der Waals surface area contributed by atoms with E-state index in [0.717, 1.165) is 13.1 Å². The molecule has 0 saturated carbocycles. The fourth-order valence-electron chi connectivity index (χ4n) is 0.444. The Labute approximate surface area is 58.4 Å². The second kappa shape index (κ2) is 4.49. The monoisotopic (exact) mass is 153 g/mol. The van der Waals surface area contributed by atoms with Gasteiger partial charge in [-0.25, -0.2) is 0 Å². The highest BCUT2D eigenvalue weighted by Crippen LogP contribution is 2.02. The summed E-state index contributed by atoms with van der Waals surface area (Å²) in [7, 11) is -1.08. The second-order valence-electron chi connectivity index (χ2n) is 1.34. The lowest BCUT2D eigenvalue weighted by Crippen LogP contribution is -2.26. The van der Waals surface area contributed by atoms with E-state index in [9.17, 15) is 4.55 Å². The van der Waals surface area contributed by atoms with Crippen molar-refractivity contribution in [3.63, 3.8) is 0 Å². The zero-order valence-corrected chi connectivity index (χ0v) is 6.84. The molecule has 0 aliphatic heterocycles. The van der Waals surface area contributed by atoms with Gasteiger partial charge in [-0.05, 0) is 13.8 Å². The molecule has 1 atom stereocenters. The number of hydrogen-bond acceptors (Lipinski definition) is 3. The standard InChI is InChI=1S/C4H11NOS2/c1-3-5(4-2)8(6)7/h3-4H2,1-2H3,(H,6,7). The van der Waals surface area contributed by atoms with E-state index in [-0.39, 0.29) is 0 Å². The molecule has 0 aromatic rings. The van der Waals surface area contributed by atoms with Crippen LogP contribution < -0.4 is 0 Å². The molecule has 4 heteroatoms. The third-order valence-corrected chi connectivity index (χ3v) is 2.58. The number of rotatable bonds is 3. The third kappa shape index (κ3) is 2.81. The molecule has 0 fully saturated rings. The number of hydrogen-bond donors (Lipinski definition) is 1. The van der Waals surface area contributed by atoms with E-state index < -0.39 is 10.4 Å². The molecule has 0 aromatic carbocycles. The minimum Gasteiger partial charge on any atom is -0.586 e. The summed E-state index contributed by atoms with van der Waals surface area (Å²) in [5.74, 6) is 0. The van der Waals surface area contributed by atoms with Gasteiger partial charge in [-0.15, -0.1) is 4.31 Å². The molecule has 0 aliphatic rings. The van der Waals surface area contributed by atoms with Gasteiger partial charge in [0.05, 0.1) is 11.7 Å². The quantitative estimate of drug-likeness (QED) is 0.369. The molecule has 0 spiro atoms. The molecule has 0 amide bonds. The topological polar surface area (TPSA) is 26.3 Å². The SMILES string of the molecule is CCN(CC)[S+]([O-])S. The molecule has 8 heavy (non-hydrogen) atoms. The van der Waals surface area contributed by atoms with E-state index in [4.69, 9.17) is 0 Å². The largest absolute Gasteiger partial charge is 0.586 e. The molecular weight excluding hydrogens is 142 g/mol. The Balaban J connectivity index is 3.35. The van der Waals surface area contributed by atoms with Crippen LogP contribution in [0.5, 0.6) is 0 Å². The van der Waals surface area contributed by atoms with Crippen LogP contribution in [0.1, 0.15) is 13.8 Å². The average molecular weight is 153 g/mol. The zero-order valence-electron chi connectivity index (χ0n) is 5.13. The maximum Gasteiger partial charge on any atom is 0.112 e. The fraction of sp³-hybridized carbons (Fsp3) is 1.00. The lowest BCUT2D eigenvalue weighted by molar-refractivity contribution is 0.458. The summed E-state index contributed by atoms with van der Waals surface area (Å²) in [4.78, 5) is 0. The summed E-state index contributed by atoms with van der Waals surface area (Å²) in [6.07, 6.45) is 0. The first-order chi connectivity index (χ1) is 3.72. The predicted octanol–water partition coefficient (Wildman–Crippen LogP) is 0.837. The van der Waals surface area contributed by atoms with Crippen LogP contribution in [-0.4, -0.2) is 21.9 Å². The van der Waals surface area contributed by atoms with E-state index in [2.05, 4.69) is 11.7 Å². The molecule has 0 N–H and O–H groups in total. The lowest BCUT2D eigenvalue weighted by atomic mass is 10.7. The molecule has 0 bridgehead atoms. The van der Waals surface area contributed by atoms with Crippen molar-refractivity contribution in [1.29, 1.82) is 0 Å². The van der Waals surface area contributed by atoms with Crippen LogP contribution >= 0.6 is 11.7 Å². The Morgan fingerprint density at radius 1 is 1.50 bits per heavy atom. The van der Waals surface area contributed by atoms with Gasteiger partial charge in [0.25, 0.3) is 0 Å². The van der Waals surface area contributed by atoms with Crippen molar-refractivity contribution in [2.75, 3.05) is 13.1 Å². The predicted molar refractivity (Wildman–Crippen MR) is 40.0 cm³/mol. The molecule has 1 unspecified atom stereocenters. The van der Waals surface area contributed by atoms with E-state index in [1.165, 1.54) is 0 Å². The molecular formula is C4H11NOS2. The molecule has 0 aliphatic carbocycles. The Bertz CT molecular complexity index is 56.0. The third-order valence-electron chi connectivity index (χ3n) is 0.926. The summed E-state index contributed by atoms with van der Waals surface area (Å²) < 4.78 is 12.3. The minimum atomic E-state index is -1.08. The Kier molecular flexibility index (Phi) is 4.84. The first-order valence-electron chi connectivity index (χ1n) is 2.58. The first-order valence-corrected chi connectivity index (χ1v) is 4.74. The van der Waals surface area contributed by atoms with Gasteiger partial charge in [-0.1, -0.05) is 0 Å². The zero-order chi connectivity index (χ0) is 6.57. The van der Waals surface area contributed by atoms with E-state index in [1.54, 1.807) is 4.31 Å². The van der Waals surface area contributed by atoms with E-state index in [0.29, 0.717) is 0 Å². The van der Waals surface area contributed by atoms with Crippen LogP contribution in [0, 0.1) is 0 Å². The van der Waals surface area contributed by atoms with Crippen LogP contribution in [0.25, 0.3) is 0 Å². The Morgan fingerprint density at radius 2 is 1.88 bits per heavy atom. The summed E-state index contributed by atoms with van der Waals surface area (Å²) in [5, 5.41) is 0. The molecule has 0 saturated heterocycles. The summed E-state index contributed by atoms with van der Waals surface area (Å²) in [6.45, 7) is 5.51. The average Bonchev–Trinajstić information content (AvgIpc) is 1.69. The van der Waals surface area contributed by atoms with Gasteiger partial charge >= 0.3 is 0 Å². The van der Waals surface area contributed by atoms with Crippen molar-refractivity contribution < 1.29 is 4.55 Å². The summed E-state index contributed by atoms with van der Waals surface area (Å²) in [6, 6.07) is 0. The van der Waals surface area contributed by atoms with Crippen LogP contribution in [0.2, 0.25) is 0 Å². The Morgan fingerprint density at radius 3 is 1.88 bits per heavy atom. The van der Waals surface area contributed by atoms with Crippen molar-refractivity contribution in [3.8, 4) is 0 Å². The maximum absolute atomic E-state index is 10.5. The highest BCUT2D eigenvalue weighted by Gasteiger charge is 2.08. The van der Waals surface area contributed by atoms with Crippen molar-refractivity contribution in [2.45, 2.75) is 13.8 Å². The Hall–Kier alpha value is 0.620. The van der Waals surface area contributed by atoms with Crippen molar-refractivity contribution in [2.24, 2.45) is 0 Å². The first kappa shape index (κ1) is 8.62. The van der Waals surface area contributed by atoms with Crippen LogP contribution in [0.4, 0.5) is 0 Å². The summed E-state index contributed by atoms with van der Waals surface area (Å²) in [5.41, 5.74) is 0. The molecule has 2 nitrogen and oxygen atoms in total. The fourth-order valence-corrected chi connectivity index (χ4v) is 1.58. The van der Waals surface area contributed by atoms with E-state index in [1.807, 2.05) is 13.8 Å². The summed E-state index contributed by atoms with van der Waals surface area (Å²) >= 11 is 3.75. The van der Waals surface area contributed by atoms with Gasteiger partial charge in [0.1, 0.15) is 10.4 Å². The molecule has 0 aromatic heterocycles. The van der Waals surface area contributed by atoms with Crippen molar-refractivity contribution in [1.82, 2.24) is 4.31 Å². The highest BCUT2D eigenvalue weighted by atomic mass is 33.1. The van der Waals surface area contributed by atoms with Crippen molar-refractivity contribution in [3.05, 3.63) is 0 Å². The maximum atomic E-state index is 10.5. The molecule has 0 radical (unpaired) electrons. The van der Waals surface area contributed by atoms with E-state index >= 15 is 0 Å². The molecule has 0 rings (SSSR count). The second-order valence-corrected chi connectivity index (χ2v) is 3.26. The van der Waals surface area contributed by atoms with Gasteiger partial charge in [0.2, 0.25) is 0 Å². The van der Waals surface area contributed by atoms with Gasteiger partial charge in [-0.3, -0.25) is 0 Å². The van der Waals surface area contributed by atoms with Gasteiger partial charge in [-0.2, -0.15) is 0 Å². The number of thiol groups is 1. The number of nitrogens with zero attached hydrogens (tertiary/aromatic N) is 1. The lowest BCUT2D eigenvalue weighted by Gasteiger charge is -2.14.